The Morgan fingerprint density at radius 1 is 1.04 bits per heavy atom. The largest absolute Gasteiger partial charge is 0.350 e. The maximum absolute atomic E-state index is 5.94. The van der Waals surface area contributed by atoms with Crippen molar-refractivity contribution in [3.8, 4) is 0 Å². The topological polar surface area (TPSA) is 43.2 Å². The molecule has 4 rings (SSSR count). The van der Waals surface area contributed by atoms with Crippen LogP contribution in [0.25, 0.3) is 0 Å². The molecule has 1 aromatic heterocycles. The molecule has 1 saturated heterocycles. The highest BCUT2D eigenvalue weighted by Crippen LogP contribution is 2.31. The average molecular weight is 334 g/mol. The van der Waals surface area contributed by atoms with E-state index >= 15 is 0 Å². The van der Waals surface area contributed by atoms with E-state index in [0.717, 1.165) is 24.3 Å². The first-order chi connectivity index (χ1) is 12.3. The third-order valence-corrected chi connectivity index (χ3v) is 4.56. The molecule has 2 aromatic carbocycles. The van der Waals surface area contributed by atoms with Gasteiger partial charge in [-0.1, -0.05) is 54.6 Å². The van der Waals surface area contributed by atoms with E-state index in [9.17, 15) is 0 Å². The van der Waals surface area contributed by atoms with Gasteiger partial charge in [-0.15, -0.1) is 5.10 Å². The van der Waals surface area contributed by atoms with E-state index in [1.807, 2.05) is 29.1 Å². The van der Waals surface area contributed by atoms with Gasteiger partial charge in [-0.05, 0) is 29.7 Å². The van der Waals surface area contributed by atoms with Gasteiger partial charge in [0.25, 0.3) is 0 Å². The van der Waals surface area contributed by atoms with Gasteiger partial charge in [0.15, 0.2) is 6.23 Å². The van der Waals surface area contributed by atoms with Crippen molar-refractivity contribution in [2.75, 3.05) is 18.1 Å². The standard InChI is InChI=1S/C20H22N4O/c1-2-16-8-10-18(11-9-16)24-12-13-25-20(24)19-15-23(22-21-19)14-17-6-4-3-5-7-17/h3-11,15,20H,2,12-14H2,1H3/t20-/m1/s1. The van der Waals surface area contributed by atoms with Gasteiger partial charge in [-0.25, -0.2) is 4.68 Å². The van der Waals surface area contributed by atoms with Gasteiger partial charge in [0.2, 0.25) is 0 Å². The average Bonchev–Trinajstić information content (AvgIpc) is 3.32. The van der Waals surface area contributed by atoms with Crippen molar-refractivity contribution >= 4 is 5.69 Å². The molecule has 0 saturated carbocycles. The van der Waals surface area contributed by atoms with Crippen molar-refractivity contribution in [1.29, 1.82) is 0 Å². The van der Waals surface area contributed by atoms with Crippen molar-refractivity contribution in [1.82, 2.24) is 15.0 Å². The van der Waals surface area contributed by atoms with Crippen molar-refractivity contribution in [3.05, 3.63) is 77.6 Å². The molecule has 0 radical (unpaired) electrons. The molecule has 0 aliphatic carbocycles. The Labute approximate surface area is 147 Å². The van der Waals surface area contributed by atoms with E-state index in [-0.39, 0.29) is 6.23 Å². The maximum atomic E-state index is 5.94. The molecule has 25 heavy (non-hydrogen) atoms. The quantitative estimate of drug-likeness (QED) is 0.717. The second kappa shape index (κ2) is 7.07. The first-order valence-electron chi connectivity index (χ1n) is 8.74. The van der Waals surface area contributed by atoms with Crippen LogP contribution in [-0.2, 0) is 17.7 Å². The lowest BCUT2D eigenvalue weighted by atomic mass is 10.1. The van der Waals surface area contributed by atoms with Gasteiger partial charge >= 0.3 is 0 Å². The van der Waals surface area contributed by atoms with Crippen LogP contribution in [0.15, 0.2) is 60.8 Å². The van der Waals surface area contributed by atoms with E-state index < -0.39 is 0 Å². The molecule has 0 N–H and O–H groups in total. The van der Waals surface area contributed by atoms with Crippen molar-refractivity contribution in [2.24, 2.45) is 0 Å². The number of hydrogen-bond acceptors (Lipinski definition) is 4. The summed E-state index contributed by atoms with van der Waals surface area (Å²) in [6, 6.07) is 19.0. The SMILES string of the molecule is CCc1ccc(N2CCO[C@@H]2c2cn(Cc3ccccc3)nn2)cc1. The van der Waals surface area contributed by atoms with Crippen LogP contribution in [0.5, 0.6) is 0 Å². The minimum Gasteiger partial charge on any atom is -0.350 e. The normalized spacial score (nSPS) is 17.2. The van der Waals surface area contributed by atoms with E-state index in [4.69, 9.17) is 4.74 Å². The molecule has 3 aromatic rings. The Kier molecular flexibility index (Phi) is 4.48. The number of nitrogens with zero attached hydrogens (tertiary/aromatic N) is 4. The fourth-order valence-corrected chi connectivity index (χ4v) is 3.18. The molecular formula is C20H22N4O. The molecule has 128 valence electrons. The van der Waals surface area contributed by atoms with Crippen LogP contribution < -0.4 is 4.90 Å². The van der Waals surface area contributed by atoms with Crippen LogP contribution in [0, 0.1) is 0 Å². The number of rotatable bonds is 5. The van der Waals surface area contributed by atoms with Gasteiger partial charge in [-0.3, -0.25) is 0 Å². The van der Waals surface area contributed by atoms with Crippen molar-refractivity contribution in [2.45, 2.75) is 26.1 Å². The van der Waals surface area contributed by atoms with Gasteiger partial charge in [0.1, 0.15) is 5.69 Å². The fourth-order valence-electron chi connectivity index (χ4n) is 3.18. The van der Waals surface area contributed by atoms with E-state index in [0.29, 0.717) is 13.2 Å². The highest BCUT2D eigenvalue weighted by Gasteiger charge is 2.29. The van der Waals surface area contributed by atoms with Gasteiger partial charge in [0.05, 0.1) is 19.3 Å². The van der Waals surface area contributed by atoms with E-state index in [1.165, 1.54) is 11.1 Å². The van der Waals surface area contributed by atoms with Crippen molar-refractivity contribution < 1.29 is 4.74 Å². The van der Waals surface area contributed by atoms with Crippen LogP contribution in [0.3, 0.4) is 0 Å². The van der Waals surface area contributed by atoms with Crippen LogP contribution in [0.4, 0.5) is 5.69 Å². The second-order valence-corrected chi connectivity index (χ2v) is 6.26. The molecule has 0 amide bonds. The molecule has 0 spiro atoms. The molecule has 5 heteroatoms. The third kappa shape index (κ3) is 3.42. The van der Waals surface area contributed by atoms with Crippen molar-refractivity contribution in [3.63, 3.8) is 0 Å². The molecule has 0 unspecified atom stereocenters. The first kappa shape index (κ1) is 15.8. The Bertz CT molecular complexity index is 813. The summed E-state index contributed by atoms with van der Waals surface area (Å²) in [7, 11) is 0. The zero-order valence-electron chi connectivity index (χ0n) is 14.4. The van der Waals surface area contributed by atoms with Gasteiger partial charge < -0.3 is 9.64 Å². The number of benzene rings is 2. The lowest BCUT2D eigenvalue weighted by Crippen LogP contribution is -2.23. The minimum absolute atomic E-state index is 0.169. The fraction of sp³-hybridized carbons (Fsp3) is 0.300. The van der Waals surface area contributed by atoms with E-state index in [1.54, 1.807) is 0 Å². The Balaban J connectivity index is 1.52. The second-order valence-electron chi connectivity index (χ2n) is 6.26. The van der Waals surface area contributed by atoms with Crippen LogP contribution in [0.2, 0.25) is 0 Å². The summed E-state index contributed by atoms with van der Waals surface area (Å²) in [5.74, 6) is 0. The Morgan fingerprint density at radius 3 is 2.60 bits per heavy atom. The molecule has 1 aliphatic heterocycles. The molecule has 1 atom stereocenters. The molecular weight excluding hydrogens is 312 g/mol. The predicted octanol–water partition coefficient (Wildman–Crippen LogP) is 3.42. The molecule has 0 bridgehead atoms. The summed E-state index contributed by atoms with van der Waals surface area (Å²) in [6.07, 6.45) is 2.86. The summed E-state index contributed by atoms with van der Waals surface area (Å²) < 4.78 is 7.80. The third-order valence-electron chi connectivity index (χ3n) is 4.56. The molecule has 1 aliphatic rings. The number of anilines is 1. The highest BCUT2D eigenvalue weighted by atomic mass is 16.5. The summed E-state index contributed by atoms with van der Waals surface area (Å²) in [4.78, 5) is 2.25. The van der Waals surface area contributed by atoms with Gasteiger partial charge in [-0.2, -0.15) is 0 Å². The summed E-state index contributed by atoms with van der Waals surface area (Å²) in [5, 5.41) is 8.62. The number of hydrogen-bond donors (Lipinski definition) is 0. The van der Waals surface area contributed by atoms with Gasteiger partial charge in [0, 0.05) is 12.2 Å². The van der Waals surface area contributed by atoms with Crippen LogP contribution in [-0.4, -0.2) is 28.1 Å². The first-order valence-corrected chi connectivity index (χ1v) is 8.74. The predicted molar refractivity (Wildman–Crippen MR) is 97.4 cm³/mol. The zero-order chi connectivity index (χ0) is 17.1. The lowest BCUT2D eigenvalue weighted by Gasteiger charge is -2.23. The van der Waals surface area contributed by atoms with E-state index in [2.05, 4.69) is 58.5 Å². The zero-order valence-corrected chi connectivity index (χ0v) is 14.4. The molecule has 2 heterocycles. The van der Waals surface area contributed by atoms with Crippen LogP contribution >= 0.6 is 0 Å². The minimum atomic E-state index is -0.169. The Morgan fingerprint density at radius 2 is 1.84 bits per heavy atom. The lowest BCUT2D eigenvalue weighted by molar-refractivity contribution is 0.110. The monoisotopic (exact) mass is 334 g/mol. The summed E-state index contributed by atoms with van der Waals surface area (Å²) in [6.45, 7) is 4.45. The highest BCUT2D eigenvalue weighted by molar-refractivity contribution is 5.49. The number of ether oxygens (including phenoxy) is 1. The number of aromatic nitrogens is 3. The van der Waals surface area contributed by atoms with Crippen LogP contribution in [0.1, 0.15) is 30.0 Å². The molecule has 5 nitrogen and oxygen atoms in total. The smallest absolute Gasteiger partial charge is 0.177 e. The summed E-state index contributed by atoms with van der Waals surface area (Å²) in [5.41, 5.74) is 4.57. The number of aryl methyl sites for hydroxylation is 1. The molecule has 1 fully saturated rings. The maximum Gasteiger partial charge on any atom is 0.177 e. The Hall–Kier alpha value is -2.66. The summed E-state index contributed by atoms with van der Waals surface area (Å²) >= 11 is 0.